The molecular formula is C20H21NO5. The molecule has 2 aromatic rings. The van der Waals surface area contributed by atoms with Crippen molar-refractivity contribution in [2.45, 2.75) is 32.0 Å². The van der Waals surface area contributed by atoms with E-state index in [0.29, 0.717) is 17.5 Å². The molecule has 1 unspecified atom stereocenters. The molecule has 3 rings (SSSR count). The monoisotopic (exact) mass is 355 g/mol. The Morgan fingerprint density at radius 1 is 1.27 bits per heavy atom. The lowest BCUT2D eigenvalue weighted by Crippen LogP contribution is -2.40. The first-order chi connectivity index (χ1) is 12.5. The molecule has 2 N–H and O–H groups in total. The van der Waals surface area contributed by atoms with Gasteiger partial charge in [0.05, 0.1) is 19.3 Å². The number of esters is 1. The maximum Gasteiger partial charge on any atom is 0.337 e. The predicted molar refractivity (Wildman–Crippen MR) is 95.6 cm³/mol. The van der Waals surface area contributed by atoms with Gasteiger partial charge < -0.3 is 19.6 Å². The van der Waals surface area contributed by atoms with Gasteiger partial charge in [-0.25, -0.2) is 4.79 Å². The van der Waals surface area contributed by atoms with E-state index in [-0.39, 0.29) is 29.9 Å². The van der Waals surface area contributed by atoms with Crippen LogP contribution < -0.4 is 5.56 Å². The van der Waals surface area contributed by atoms with Crippen LogP contribution in [0.5, 0.6) is 0 Å². The van der Waals surface area contributed by atoms with Crippen molar-refractivity contribution < 1.29 is 19.4 Å². The Morgan fingerprint density at radius 3 is 2.65 bits per heavy atom. The third-order valence-corrected chi connectivity index (χ3v) is 4.78. The summed E-state index contributed by atoms with van der Waals surface area (Å²) in [7, 11) is 1.24. The van der Waals surface area contributed by atoms with E-state index in [1.54, 1.807) is 6.07 Å². The fraction of sp³-hybridized carbons (Fsp3) is 0.300. The average Bonchev–Trinajstić information content (AvgIpc) is 2.68. The highest BCUT2D eigenvalue weighted by Gasteiger charge is 2.45. The zero-order valence-corrected chi connectivity index (χ0v) is 14.7. The molecule has 6 heteroatoms. The highest BCUT2D eigenvalue weighted by molar-refractivity contribution is 5.90. The van der Waals surface area contributed by atoms with Gasteiger partial charge in [0.2, 0.25) is 0 Å². The smallest absolute Gasteiger partial charge is 0.337 e. The normalized spacial score (nSPS) is 19.2. The SMILES string of the molecule is CCC1(OCc2ccccc2)C(O)=C(C(=O)OC)Cc2c1cc[nH]c2=O. The van der Waals surface area contributed by atoms with Crippen LogP contribution in [0, 0.1) is 0 Å². The van der Waals surface area contributed by atoms with Crippen LogP contribution in [-0.2, 0) is 32.9 Å². The molecular weight excluding hydrogens is 334 g/mol. The number of fused-ring (bicyclic) bond motifs is 1. The lowest BCUT2D eigenvalue weighted by molar-refractivity contribution is -0.137. The van der Waals surface area contributed by atoms with Gasteiger partial charge in [-0.2, -0.15) is 0 Å². The van der Waals surface area contributed by atoms with Crippen molar-refractivity contribution in [1.82, 2.24) is 4.98 Å². The Bertz CT molecular complexity index is 900. The number of rotatable bonds is 5. The van der Waals surface area contributed by atoms with Gasteiger partial charge in [0, 0.05) is 23.7 Å². The molecule has 1 aliphatic rings. The molecule has 0 amide bonds. The summed E-state index contributed by atoms with van der Waals surface area (Å²) >= 11 is 0. The zero-order valence-electron chi connectivity index (χ0n) is 14.7. The van der Waals surface area contributed by atoms with Crippen molar-refractivity contribution in [1.29, 1.82) is 0 Å². The first-order valence-corrected chi connectivity index (χ1v) is 8.43. The van der Waals surface area contributed by atoms with Crippen LogP contribution >= 0.6 is 0 Å². The number of nitrogens with one attached hydrogen (secondary N) is 1. The first kappa shape index (κ1) is 17.9. The van der Waals surface area contributed by atoms with E-state index >= 15 is 0 Å². The number of aromatic nitrogens is 1. The van der Waals surface area contributed by atoms with Gasteiger partial charge in [-0.15, -0.1) is 0 Å². The Morgan fingerprint density at radius 2 is 2.00 bits per heavy atom. The second kappa shape index (κ2) is 7.17. The Balaban J connectivity index is 2.13. The van der Waals surface area contributed by atoms with Gasteiger partial charge in [-0.3, -0.25) is 4.79 Å². The molecule has 136 valence electrons. The summed E-state index contributed by atoms with van der Waals surface area (Å²) in [6.45, 7) is 2.06. The minimum Gasteiger partial charge on any atom is -0.508 e. The van der Waals surface area contributed by atoms with Crippen molar-refractivity contribution in [3.05, 3.63) is 81.0 Å². The van der Waals surface area contributed by atoms with Crippen molar-refractivity contribution in [3.63, 3.8) is 0 Å². The fourth-order valence-corrected chi connectivity index (χ4v) is 3.38. The Hall–Kier alpha value is -2.86. The summed E-state index contributed by atoms with van der Waals surface area (Å²) in [6, 6.07) is 11.2. The third-order valence-electron chi connectivity index (χ3n) is 4.78. The Kier molecular flexibility index (Phi) is 4.95. The largest absolute Gasteiger partial charge is 0.508 e. The summed E-state index contributed by atoms with van der Waals surface area (Å²) in [5.74, 6) is -0.863. The van der Waals surface area contributed by atoms with Crippen LogP contribution in [0.3, 0.4) is 0 Å². The third kappa shape index (κ3) is 2.93. The van der Waals surface area contributed by atoms with Crippen LogP contribution in [0.2, 0.25) is 0 Å². The summed E-state index contributed by atoms with van der Waals surface area (Å²) in [5.41, 5.74) is 0.362. The highest BCUT2D eigenvalue weighted by Crippen LogP contribution is 2.43. The molecule has 6 nitrogen and oxygen atoms in total. The van der Waals surface area contributed by atoms with E-state index in [9.17, 15) is 14.7 Å². The fourth-order valence-electron chi connectivity index (χ4n) is 3.38. The molecule has 0 spiro atoms. The number of benzene rings is 1. The number of aromatic amines is 1. The molecule has 0 saturated heterocycles. The van der Waals surface area contributed by atoms with Gasteiger partial charge >= 0.3 is 5.97 Å². The van der Waals surface area contributed by atoms with Crippen molar-refractivity contribution in [2.24, 2.45) is 0 Å². The molecule has 0 aliphatic heterocycles. The van der Waals surface area contributed by atoms with Gasteiger partial charge in [0.1, 0.15) is 5.76 Å². The summed E-state index contributed by atoms with van der Waals surface area (Å²) in [6.07, 6.45) is 1.87. The molecule has 1 heterocycles. The molecule has 1 aromatic heterocycles. The molecule has 0 radical (unpaired) electrons. The second-order valence-corrected chi connectivity index (χ2v) is 6.15. The van der Waals surface area contributed by atoms with E-state index in [1.807, 2.05) is 37.3 Å². The number of H-pyrrole nitrogens is 1. The van der Waals surface area contributed by atoms with Crippen LogP contribution in [0.15, 0.2) is 58.7 Å². The number of ether oxygens (including phenoxy) is 2. The Labute approximate surface area is 151 Å². The number of aliphatic hydroxyl groups excluding tert-OH is 1. The number of methoxy groups -OCH3 is 1. The van der Waals surface area contributed by atoms with Gasteiger partial charge in [0.15, 0.2) is 5.60 Å². The van der Waals surface area contributed by atoms with Gasteiger partial charge in [0.25, 0.3) is 5.56 Å². The number of aliphatic hydroxyl groups is 1. The maximum absolute atomic E-state index is 12.3. The lowest BCUT2D eigenvalue weighted by atomic mass is 9.78. The minimum atomic E-state index is -1.28. The predicted octanol–water partition coefficient (Wildman–Crippen LogP) is 2.74. The highest BCUT2D eigenvalue weighted by atomic mass is 16.5. The van der Waals surface area contributed by atoms with E-state index in [0.717, 1.165) is 5.56 Å². The summed E-state index contributed by atoms with van der Waals surface area (Å²) < 4.78 is 10.9. The van der Waals surface area contributed by atoms with Crippen LogP contribution in [0.4, 0.5) is 0 Å². The van der Waals surface area contributed by atoms with E-state index < -0.39 is 11.6 Å². The van der Waals surface area contributed by atoms with Crippen molar-refractivity contribution in [2.75, 3.05) is 7.11 Å². The number of carbonyl (C=O) groups excluding carboxylic acids is 1. The van der Waals surface area contributed by atoms with Crippen molar-refractivity contribution in [3.8, 4) is 0 Å². The molecule has 0 saturated carbocycles. The molecule has 26 heavy (non-hydrogen) atoms. The van der Waals surface area contributed by atoms with E-state index in [4.69, 9.17) is 9.47 Å². The molecule has 0 fully saturated rings. The molecule has 1 aliphatic carbocycles. The topological polar surface area (TPSA) is 88.6 Å². The van der Waals surface area contributed by atoms with Gasteiger partial charge in [-0.05, 0) is 18.1 Å². The van der Waals surface area contributed by atoms with Gasteiger partial charge in [-0.1, -0.05) is 37.3 Å². The lowest BCUT2D eigenvalue weighted by Gasteiger charge is -2.38. The second-order valence-electron chi connectivity index (χ2n) is 6.15. The molecule has 0 bridgehead atoms. The van der Waals surface area contributed by atoms with Crippen LogP contribution in [0.25, 0.3) is 0 Å². The van der Waals surface area contributed by atoms with E-state index in [2.05, 4.69) is 4.98 Å². The molecule has 1 atom stereocenters. The first-order valence-electron chi connectivity index (χ1n) is 8.43. The summed E-state index contributed by atoms with van der Waals surface area (Å²) in [5, 5.41) is 10.9. The standard InChI is InChI=1S/C20H21NO5/c1-3-20(26-12-13-7-5-4-6-8-13)16-9-10-21-18(23)14(16)11-15(17(20)22)19(24)25-2/h4-10,22H,3,11-12H2,1-2H3,(H,21,23). The molecule has 1 aromatic carbocycles. The number of hydrogen-bond acceptors (Lipinski definition) is 5. The minimum absolute atomic E-state index is 0.000457. The van der Waals surface area contributed by atoms with Crippen LogP contribution in [-0.4, -0.2) is 23.2 Å². The maximum atomic E-state index is 12.3. The number of hydrogen-bond donors (Lipinski definition) is 2. The number of pyridine rings is 1. The average molecular weight is 355 g/mol. The zero-order chi connectivity index (χ0) is 18.7. The quantitative estimate of drug-likeness (QED) is 0.805. The van der Waals surface area contributed by atoms with Crippen molar-refractivity contribution >= 4 is 5.97 Å². The van der Waals surface area contributed by atoms with E-state index in [1.165, 1.54) is 13.3 Å². The number of carbonyl (C=O) groups is 1. The van der Waals surface area contributed by atoms with Crippen LogP contribution in [0.1, 0.15) is 30.0 Å². The summed E-state index contributed by atoms with van der Waals surface area (Å²) in [4.78, 5) is 27.1.